The number of rotatable bonds is 3. The Kier molecular flexibility index (Phi) is 3.86. The molecule has 0 saturated carbocycles. The molecule has 0 fully saturated rings. The Morgan fingerprint density at radius 3 is 2.57 bits per heavy atom. The van der Waals surface area contributed by atoms with Crippen molar-refractivity contribution >= 4 is 16.7 Å². The molecule has 4 heteroatoms. The number of hydrogen-bond acceptors (Lipinski definition) is 3. The van der Waals surface area contributed by atoms with Crippen LogP contribution in [0.2, 0.25) is 0 Å². The number of aromatic nitrogens is 2. The van der Waals surface area contributed by atoms with Crippen LogP contribution in [0, 0.1) is 13.8 Å². The van der Waals surface area contributed by atoms with Gasteiger partial charge in [-0.15, -0.1) is 0 Å². The van der Waals surface area contributed by atoms with Crippen molar-refractivity contribution in [1.82, 2.24) is 19.8 Å². The maximum Gasteiger partial charge on any atom is 0.110 e. The molecule has 2 aliphatic rings. The molecule has 2 aliphatic heterocycles. The summed E-state index contributed by atoms with van der Waals surface area (Å²) in [5.74, 6) is 2.19. The monoisotopic (exact) mass is 368 g/mol. The van der Waals surface area contributed by atoms with Gasteiger partial charge in [0, 0.05) is 6.54 Å². The summed E-state index contributed by atoms with van der Waals surface area (Å²) in [7, 11) is 0. The molecule has 0 aliphatic carbocycles. The highest BCUT2D eigenvalue weighted by Gasteiger charge is 2.29. The minimum Gasteiger partial charge on any atom is -0.340 e. The molecule has 5 rings (SSSR count). The molecule has 0 saturated heterocycles. The smallest absolute Gasteiger partial charge is 0.110 e. The predicted octanol–water partition coefficient (Wildman–Crippen LogP) is 4.73. The zero-order valence-electron chi connectivity index (χ0n) is 16.5. The van der Waals surface area contributed by atoms with Crippen LogP contribution in [0.4, 0.5) is 0 Å². The first-order valence-corrected chi connectivity index (χ1v) is 9.74. The first kappa shape index (κ1) is 16.9. The van der Waals surface area contributed by atoms with E-state index in [9.17, 15) is 0 Å². The van der Waals surface area contributed by atoms with Crippen LogP contribution in [0.1, 0.15) is 23.9 Å². The van der Waals surface area contributed by atoms with Crippen molar-refractivity contribution in [2.75, 3.05) is 6.54 Å². The van der Waals surface area contributed by atoms with Crippen LogP contribution in [0.25, 0.3) is 16.7 Å². The van der Waals surface area contributed by atoms with Gasteiger partial charge in [-0.1, -0.05) is 53.6 Å². The number of para-hydroxylation sites is 2. The molecule has 0 spiro atoms. The molecule has 140 valence electrons. The molecular weight excluding hydrogens is 344 g/mol. The number of imidazole rings is 1. The lowest BCUT2D eigenvalue weighted by molar-refractivity contribution is 0.435. The van der Waals surface area contributed by atoms with Crippen LogP contribution in [-0.4, -0.2) is 21.0 Å². The van der Waals surface area contributed by atoms with Gasteiger partial charge in [0.2, 0.25) is 0 Å². The van der Waals surface area contributed by atoms with Gasteiger partial charge in [0.25, 0.3) is 0 Å². The van der Waals surface area contributed by atoms with E-state index >= 15 is 0 Å². The van der Waals surface area contributed by atoms with Crippen molar-refractivity contribution in [2.45, 2.75) is 27.3 Å². The average molecular weight is 368 g/mol. The van der Waals surface area contributed by atoms with Crippen LogP contribution < -0.4 is 5.32 Å². The van der Waals surface area contributed by atoms with Gasteiger partial charge in [-0.3, -0.25) is 0 Å². The SMILES string of the molecule is CC1=CC=C2NC(c3ccc(C)cc3)=C(Cn3c(C)nc4ccccc43)N2C1. The topological polar surface area (TPSA) is 33.1 Å². The summed E-state index contributed by atoms with van der Waals surface area (Å²) in [5.41, 5.74) is 8.55. The van der Waals surface area contributed by atoms with Crippen LogP contribution in [0.15, 0.2) is 77.8 Å². The van der Waals surface area contributed by atoms with Gasteiger partial charge in [0.15, 0.2) is 0 Å². The van der Waals surface area contributed by atoms with E-state index in [-0.39, 0.29) is 0 Å². The van der Waals surface area contributed by atoms with Gasteiger partial charge in [-0.05, 0) is 44.5 Å². The maximum absolute atomic E-state index is 4.76. The van der Waals surface area contributed by atoms with Gasteiger partial charge in [-0.25, -0.2) is 4.98 Å². The Balaban J connectivity index is 1.64. The minimum absolute atomic E-state index is 0.785. The van der Waals surface area contributed by atoms with Gasteiger partial charge in [0.05, 0.1) is 29.0 Å². The summed E-state index contributed by atoms with van der Waals surface area (Å²) >= 11 is 0. The van der Waals surface area contributed by atoms with Crippen molar-refractivity contribution in [1.29, 1.82) is 0 Å². The van der Waals surface area contributed by atoms with Gasteiger partial charge < -0.3 is 14.8 Å². The van der Waals surface area contributed by atoms with E-state index < -0.39 is 0 Å². The highest BCUT2D eigenvalue weighted by Crippen LogP contribution is 2.34. The minimum atomic E-state index is 0.785. The fourth-order valence-electron chi connectivity index (χ4n) is 4.05. The standard InChI is InChI=1S/C24H24N4/c1-16-8-11-19(12-9-16)24-22(28-14-17(2)10-13-23(28)26-24)15-27-18(3)25-20-6-4-5-7-21(20)27/h4-13,26H,14-15H2,1-3H3. The van der Waals surface area contributed by atoms with Crippen molar-refractivity contribution in [2.24, 2.45) is 0 Å². The first-order valence-electron chi connectivity index (χ1n) is 9.74. The number of hydrogen-bond donors (Lipinski definition) is 1. The van der Waals surface area contributed by atoms with E-state index in [0.717, 1.165) is 30.3 Å². The molecule has 2 aromatic carbocycles. The molecule has 0 radical (unpaired) electrons. The van der Waals surface area contributed by atoms with Gasteiger partial charge in [0.1, 0.15) is 11.6 Å². The van der Waals surface area contributed by atoms with Gasteiger partial charge in [-0.2, -0.15) is 0 Å². The molecule has 1 aromatic heterocycles. The summed E-state index contributed by atoms with van der Waals surface area (Å²) in [4.78, 5) is 7.16. The molecule has 28 heavy (non-hydrogen) atoms. The summed E-state index contributed by atoms with van der Waals surface area (Å²) in [6.45, 7) is 8.10. The van der Waals surface area contributed by atoms with Gasteiger partial charge >= 0.3 is 0 Å². The van der Waals surface area contributed by atoms with E-state index in [1.165, 1.54) is 33.6 Å². The zero-order valence-corrected chi connectivity index (χ0v) is 16.5. The van der Waals surface area contributed by atoms with Crippen LogP contribution in [0.5, 0.6) is 0 Å². The fraction of sp³-hybridized carbons (Fsp3) is 0.208. The van der Waals surface area contributed by atoms with E-state index in [1.54, 1.807) is 0 Å². The Labute approximate surface area is 165 Å². The van der Waals surface area contributed by atoms with Crippen LogP contribution in [-0.2, 0) is 6.54 Å². The van der Waals surface area contributed by atoms with Crippen molar-refractivity contribution in [3.8, 4) is 0 Å². The quantitative estimate of drug-likeness (QED) is 0.726. The average Bonchev–Trinajstić information content (AvgIpc) is 3.20. The van der Waals surface area contributed by atoms with Crippen LogP contribution in [0.3, 0.4) is 0 Å². The highest BCUT2D eigenvalue weighted by atomic mass is 15.3. The molecule has 0 atom stereocenters. The van der Waals surface area contributed by atoms with Crippen LogP contribution >= 0.6 is 0 Å². The molecule has 1 N–H and O–H groups in total. The summed E-state index contributed by atoms with van der Waals surface area (Å²) in [6.07, 6.45) is 4.38. The lowest BCUT2D eigenvalue weighted by Gasteiger charge is -2.26. The van der Waals surface area contributed by atoms with E-state index in [0.29, 0.717) is 0 Å². The number of nitrogens with zero attached hydrogens (tertiary/aromatic N) is 3. The number of nitrogens with one attached hydrogen (secondary N) is 1. The lowest BCUT2D eigenvalue weighted by atomic mass is 10.1. The Morgan fingerprint density at radius 1 is 0.964 bits per heavy atom. The number of aryl methyl sites for hydroxylation is 2. The number of allylic oxidation sites excluding steroid dienone is 3. The van der Waals surface area contributed by atoms with Crippen molar-refractivity contribution in [3.63, 3.8) is 0 Å². The third-order valence-corrected chi connectivity index (χ3v) is 5.59. The summed E-state index contributed by atoms with van der Waals surface area (Å²) in [6, 6.07) is 17.1. The van der Waals surface area contributed by atoms with Crippen molar-refractivity contribution in [3.05, 3.63) is 94.7 Å². The lowest BCUT2D eigenvalue weighted by Crippen LogP contribution is -2.27. The molecule has 3 aromatic rings. The normalized spacial score (nSPS) is 16.2. The Bertz CT molecular complexity index is 1160. The molecular formula is C24H24N4. The molecule has 0 bridgehead atoms. The summed E-state index contributed by atoms with van der Waals surface area (Å²) in [5, 5.41) is 3.67. The molecule has 3 heterocycles. The van der Waals surface area contributed by atoms with E-state index in [4.69, 9.17) is 4.98 Å². The second-order valence-corrected chi connectivity index (χ2v) is 7.70. The predicted molar refractivity (Wildman–Crippen MR) is 114 cm³/mol. The summed E-state index contributed by atoms with van der Waals surface area (Å²) < 4.78 is 2.32. The largest absolute Gasteiger partial charge is 0.340 e. The second-order valence-electron chi connectivity index (χ2n) is 7.70. The highest BCUT2D eigenvalue weighted by molar-refractivity contribution is 5.77. The van der Waals surface area contributed by atoms with E-state index in [2.05, 4.69) is 90.2 Å². The molecule has 4 nitrogen and oxygen atoms in total. The fourth-order valence-corrected chi connectivity index (χ4v) is 4.05. The van der Waals surface area contributed by atoms with E-state index in [1.807, 2.05) is 6.07 Å². The second kappa shape index (κ2) is 6.41. The third kappa shape index (κ3) is 2.73. The maximum atomic E-state index is 4.76. The third-order valence-electron chi connectivity index (χ3n) is 5.59. The number of benzene rings is 2. The number of fused-ring (bicyclic) bond motifs is 2. The first-order chi connectivity index (χ1) is 13.6. The van der Waals surface area contributed by atoms with Crippen molar-refractivity contribution < 1.29 is 0 Å². The Morgan fingerprint density at radius 2 is 1.75 bits per heavy atom. The molecule has 0 amide bonds. The zero-order chi connectivity index (χ0) is 19.3. The Hall–Kier alpha value is -3.27. The molecule has 0 unspecified atom stereocenters.